The first-order valence-electron chi connectivity index (χ1n) is 11.5. The highest BCUT2D eigenvalue weighted by Crippen LogP contribution is 2.31. The van der Waals surface area contributed by atoms with E-state index in [1.165, 1.54) is 12.1 Å². The Morgan fingerprint density at radius 3 is 2.14 bits per heavy atom. The number of hydrogen-bond donors (Lipinski definition) is 0. The molecule has 188 valence electrons. The van der Waals surface area contributed by atoms with Gasteiger partial charge in [0, 0.05) is 35.6 Å². The zero-order valence-electron chi connectivity index (χ0n) is 20.5. The minimum absolute atomic E-state index is 0.0255. The third-order valence-electron chi connectivity index (χ3n) is 5.73. The van der Waals surface area contributed by atoms with Gasteiger partial charge in [0.2, 0.25) is 5.91 Å². The predicted molar refractivity (Wildman–Crippen MR) is 143 cm³/mol. The number of rotatable bonds is 5. The lowest BCUT2D eigenvalue weighted by molar-refractivity contribution is -0.129. The van der Waals surface area contributed by atoms with Crippen LogP contribution in [0.5, 0.6) is 0 Å². The Balaban J connectivity index is 1.78. The number of carbonyl (C=O) groups excluding carboxylic acids is 2. The molecular formula is C27H31Br2FN2O3. The average Bonchev–Trinajstić information content (AvgIpc) is 2.76. The van der Waals surface area contributed by atoms with Crippen molar-refractivity contribution < 1.29 is 18.7 Å². The maximum atomic E-state index is 13.6. The standard InChI is InChI=1S/C27H31Br2FN2O3/c1-27(2,3)35-26(34)32-11-9-20(10-12-32)24(19-5-7-23(30)8-6-19)16-25(33)31(4)17-18-13-21(28)15-22(29)14-18/h5-8,13-15H,9-12,16-17H2,1-4H3. The van der Waals surface area contributed by atoms with E-state index in [0.29, 0.717) is 32.5 Å². The van der Waals surface area contributed by atoms with Gasteiger partial charge in [0.15, 0.2) is 0 Å². The lowest BCUT2D eigenvalue weighted by Gasteiger charge is -2.32. The molecule has 1 heterocycles. The highest BCUT2D eigenvalue weighted by Gasteiger charge is 2.27. The molecule has 0 unspecified atom stereocenters. The van der Waals surface area contributed by atoms with Gasteiger partial charge < -0.3 is 14.5 Å². The SMILES string of the molecule is CN(Cc1cc(Br)cc(Br)c1)C(=O)CC(=C1CCN(C(=O)OC(C)(C)C)CC1)c1ccc(F)cc1. The minimum Gasteiger partial charge on any atom is -0.444 e. The first kappa shape index (κ1) is 27.4. The number of ether oxygens (including phenoxy) is 1. The first-order chi connectivity index (χ1) is 16.4. The van der Waals surface area contributed by atoms with Crippen LogP contribution in [0, 0.1) is 5.82 Å². The molecule has 1 aliphatic rings. The lowest BCUT2D eigenvalue weighted by atomic mass is 9.90. The van der Waals surface area contributed by atoms with E-state index < -0.39 is 5.60 Å². The molecule has 1 saturated heterocycles. The van der Waals surface area contributed by atoms with Crippen LogP contribution in [0.1, 0.15) is 51.2 Å². The van der Waals surface area contributed by atoms with Crippen LogP contribution in [0.3, 0.4) is 0 Å². The van der Waals surface area contributed by atoms with Crippen molar-refractivity contribution in [2.75, 3.05) is 20.1 Å². The lowest BCUT2D eigenvalue weighted by Crippen LogP contribution is -2.40. The zero-order valence-corrected chi connectivity index (χ0v) is 23.7. The molecule has 35 heavy (non-hydrogen) atoms. The number of likely N-dealkylation sites (tertiary alicyclic amines) is 1. The molecule has 1 aliphatic heterocycles. The molecule has 0 N–H and O–H groups in total. The summed E-state index contributed by atoms with van der Waals surface area (Å²) in [6, 6.07) is 12.2. The Morgan fingerprint density at radius 2 is 1.60 bits per heavy atom. The molecule has 5 nitrogen and oxygen atoms in total. The van der Waals surface area contributed by atoms with Crippen molar-refractivity contribution >= 4 is 49.4 Å². The maximum absolute atomic E-state index is 13.6. The first-order valence-corrected chi connectivity index (χ1v) is 13.1. The van der Waals surface area contributed by atoms with Crippen LogP contribution < -0.4 is 0 Å². The largest absolute Gasteiger partial charge is 0.444 e. The third-order valence-corrected chi connectivity index (χ3v) is 6.65. The van der Waals surface area contributed by atoms with Crippen molar-refractivity contribution in [2.45, 2.75) is 52.2 Å². The number of hydrogen-bond acceptors (Lipinski definition) is 3. The van der Waals surface area contributed by atoms with E-state index in [1.54, 1.807) is 29.0 Å². The van der Waals surface area contributed by atoms with Crippen LogP contribution in [0.25, 0.3) is 5.57 Å². The van der Waals surface area contributed by atoms with Gasteiger partial charge in [-0.3, -0.25) is 4.79 Å². The summed E-state index contributed by atoms with van der Waals surface area (Å²) in [6.07, 6.45) is 1.16. The van der Waals surface area contributed by atoms with Crippen molar-refractivity contribution in [1.82, 2.24) is 9.80 Å². The summed E-state index contributed by atoms with van der Waals surface area (Å²) in [5, 5.41) is 0. The molecule has 2 aromatic rings. The van der Waals surface area contributed by atoms with Crippen LogP contribution in [0.15, 0.2) is 57.0 Å². The van der Waals surface area contributed by atoms with Gasteiger partial charge in [0.1, 0.15) is 11.4 Å². The van der Waals surface area contributed by atoms with Gasteiger partial charge in [-0.1, -0.05) is 49.6 Å². The van der Waals surface area contributed by atoms with E-state index in [9.17, 15) is 14.0 Å². The molecule has 0 radical (unpaired) electrons. The fourth-order valence-electron chi connectivity index (χ4n) is 4.02. The molecule has 0 spiro atoms. The molecule has 0 saturated carbocycles. The highest BCUT2D eigenvalue weighted by atomic mass is 79.9. The highest BCUT2D eigenvalue weighted by molar-refractivity contribution is 9.11. The summed E-state index contributed by atoms with van der Waals surface area (Å²) < 4.78 is 21.0. The smallest absolute Gasteiger partial charge is 0.410 e. The second-order valence-electron chi connectivity index (χ2n) is 9.76. The van der Waals surface area contributed by atoms with Crippen LogP contribution in [0.2, 0.25) is 0 Å². The molecule has 2 amide bonds. The van der Waals surface area contributed by atoms with Gasteiger partial charge in [-0.15, -0.1) is 0 Å². The van der Waals surface area contributed by atoms with E-state index in [-0.39, 0.29) is 24.2 Å². The second kappa shape index (κ2) is 11.7. The Kier molecular flexibility index (Phi) is 9.16. The van der Waals surface area contributed by atoms with E-state index in [0.717, 1.165) is 31.2 Å². The Morgan fingerprint density at radius 1 is 1.03 bits per heavy atom. The van der Waals surface area contributed by atoms with Crippen LogP contribution in [0.4, 0.5) is 9.18 Å². The molecule has 0 aromatic heterocycles. The summed E-state index contributed by atoms with van der Waals surface area (Å²) in [5.41, 5.74) is 3.31. The van der Waals surface area contributed by atoms with Gasteiger partial charge in [-0.05, 0) is 80.6 Å². The molecule has 0 bridgehead atoms. The van der Waals surface area contributed by atoms with Gasteiger partial charge in [-0.25, -0.2) is 9.18 Å². The molecular weight excluding hydrogens is 579 g/mol. The number of carbonyl (C=O) groups is 2. The van der Waals surface area contributed by atoms with Gasteiger partial charge in [0.25, 0.3) is 0 Å². The van der Waals surface area contributed by atoms with E-state index >= 15 is 0 Å². The fourth-order valence-corrected chi connectivity index (χ4v) is 5.41. The fraction of sp³-hybridized carbons (Fsp3) is 0.407. The number of halogens is 3. The van der Waals surface area contributed by atoms with Crippen LogP contribution in [-0.2, 0) is 16.1 Å². The summed E-state index contributed by atoms with van der Waals surface area (Å²) >= 11 is 6.98. The van der Waals surface area contributed by atoms with Crippen molar-refractivity contribution in [3.05, 3.63) is 73.9 Å². The van der Waals surface area contributed by atoms with E-state index in [4.69, 9.17) is 4.74 Å². The number of nitrogens with zero attached hydrogens (tertiary/aromatic N) is 2. The predicted octanol–water partition coefficient (Wildman–Crippen LogP) is 7.18. The number of amides is 2. The van der Waals surface area contributed by atoms with Crippen LogP contribution >= 0.6 is 31.9 Å². The zero-order chi connectivity index (χ0) is 25.8. The van der Waals surface area contributed by atoms with Gasteiger partial charge in [0.05, 0.1) is 6.42 Å². The normalized spacial score (nSPS) is 14.0. The van der Waals surface area contributed by atoms with Gasteiger partial charge >= 0.3 is 6.09 Å². The van der Waals surface area contributed by atoms with Crippen molar-refractivity contribution in [3.63, 3.8) is 0 Å². The Labute approximate surface area is 223 Å². The minimum atomic E-state index is -0.548. The van der Waals surface area contributed by atoms with Gasteiger partial charge in [-0.2, -0.15) is 0 Å². The van der Waals surface area contributed by atoms with E-state index in [1.807, 2.05) is 39.0 Å². The second-order valence-corrected chi connectivity index (χ2v) is 11.6. The summed E-state index contributed by atoms with van der Waals surface area (Å²) in [4.78, 5) is 29.1. The monoisotopic (exact) mass is 608 g/mol. The molecule has 0 atom stereocenters. The quantitative estimate of drug-likeness (QED) is 0.361. The third kappa shape index (κ3) is 8.17. The maximum Gasteiger partial charge on any atom is 0.410 e. The Hall–Kier alpha value is -2.19. The number of benzene rings is 2. The molecule has 1 fully saturated rings. The summed E-state index contributed by atoms with van der Waals surface area (Å²) in [6.45, 7) is 7.05. The van der Waals surface area contributed by atoms with E-state index in [2.05, 4.69) is 31.9 Å². The summed E-state index contributed by atoms with van der Waals surface area (Å²) in [7, 11) is 1.79. The molecule has 0 aliphatic carbocycles. The van der Waals surface area contributed by atoms with Crippen molar-refractivity contribution in [3.8, 4) is 0 Å². The average molecular weight is 610 g/mol. The van der Waals surface area contributed by atoms with Crippen LogP contribution in [-0.4, -0.2) is 47.5 Å². The van der Waals surface area contributed by atoms with Crippen molar-refractivity contribution in [2.24, 2.45) is 0 Å². The topological polar surface area (TPSA) is 49.9 Å². The molecule has 3 rings (SSSR count). The number of piperidine rings is 1. The Bertz CT molecular complexity index is 1080. The van der Waals surface area contributed by atoms with Crippen molar-refractivity contribution in [1.29, 1.82) is 0 Å². The summed E-state index contributed by atoms with van der Waals surface area (Å²) in [5.74, 6) is -0.344. The molecule has 8 heteroatoms. The molecule has 2 aromatic carbocycles.